The Labute approximate surface area is 149 Å². The maximum Gasteiger partial charge on any atom is 0.150 e. The fourth-order valence-corrected chi connectivity index (χ4v) is 2.56. The van der Waals surface area contributed by atoms with E-state index in [0.717, 1.165) is 17.9 Å². The molecule has 0 aliphatic rings. The summed E-state index contributed by atoms with van der Waals surface area (Å²) >= 11 is 0. The molecule has 0 aromatic heterocycles. The van der Waals surface area contributed by atoms with Crippen LogP contribution >= 0.6 is 0 Å². The first-order valence-corrected chi connectivity index (χ1v) is 8.56. The van der Waals surface area contributed by atoms with Gasteiger partial charge in [0.15, 0.2) is 0 Å². The van der Waals surface area contributed by atoms with Crippen LogP contribution in [0.5, 0.6) is 23.0 Å². The smallest absolute Gasteiger partial charge is 0.150 e. The molecule has 3 aromatic carbocycles. The van der Waals surface area contributed by atoms with Crippen LogP contribution in [0.3, 0.4) is 0 Å². The molecule has 2 N–H and O–H groups in total. The molecule has 3 nitrogen and oxygen atoms in total. The fraction of sp³-hybridized carbons (Fsp3) is 0.182. The number of nitrogens with two attached hydrogens (primary N) is 1. The molecule has 3 heteroatoms. The maximum absolute atomic E-state index is 6.01. The first-order chi connectivity index (χ1) is 12.2. The monoisotopic (exact) mass is 333 g/mol. The topological polar surface area (TPSA) is 44.5 Å². The number of benzene rings is 3. The number of anilines is 1. The number of rotatable bonds is 6. The molecule has 0 saturated carbocycles. The molecule has 1 atom stereocenters. The van der Waals surface area contributed by atoms with Crippen molar-refractivity contribution in [2.45, 2.75) is 26.2 Å². The van der Waals surface area contributed by atoms with E-state index in [-0.39, 0.29) is 0 Å². The number of ether oxygens (including phenoxy) is 2. The Morgan fingerprint density at radius 3 is 2.16 bits per heavy atom. The third-order valence-electron chi connectivity index (χ3n) is 4.23. The summed E-state index contributed by atoms with van der Waals surface area (Å²) in [5.74, 6) is 3.40. The lowest BCUT2D eigenvalue weighted by Gasteiger charge is -2.13. The van der Waals surface area contributed by atoms with Gasteiger partial charge in [-0.1, -0.05) is 44.2 Å². The summed E-state index contributed by atoms with van der Waals surface area (Å²) in [6.45, 7) is 4.41. The summed E-state index contributed by atoms with van der Waals surface area (Å²) in [6.07, 6.45) is 1.10. The van der Waals surface area contributed by atoms with Gasteiger partial charge in [0.2, 0.25) is 0 Å². The van der Waals surface area contributed by atoms with Crippen LogP contribution in [0.25, 0.3) is 0 Å². The van der Waals surface area contributed by atoms with E-state index in [1.807, 2.05) is 60.7 Å². The molecule has 128 valence electrons. The zero-order chi connectivity index (χ0) is 17.6. The average Bonchev–Trinajstić information content (AvgIpc) is 2.63. The van der Waals surface area contributed by atoms with E-state index in [2.05, 4.69) is 26.0 Å². The van der Waals surface area contributed by atoms with Crippen LogP contribution in [0.2, 0.25) is 0 Å². The molecule has 0 heterocycles. The van der Waals surface area contributed by atoms with E-state index in [4.69, 9.17) is 15.2 Å². The normalized spacial score (nSPS) is 11.8. The molecule has 1 unspecified atom stereocenters. The Morgan fingerprint density at radius 2 is 1.44 bits per heavy atom. The molecule has 0 aliphatic heterocycles. The highest BCUT2D eigenvalue weighted by Crippen LogP contribution is 2.31. The van der Waals surface area contributed by atoms with Gasteiger partial charge in [0, 0.05) is 6.07 Å². The molecule has 3 aromatic rings. The van der Waals surface area contributed by atoms with Gasteiger partial charge in [0.1, 0.15) is 23.0 Å². The minimum absolute atomic E-state index is 0.513. The first-order valence-electron chi connectivity index (χ1n) is 8.56. The van der Waals surface area contributed by atoms with E-state index in [9.17, 15) is 0 Å². The number of nitrogen functional groups attached to an aromatic ring is 1. The lowest BCUT2D eigenvalue weighted by molar-refractivity contribution is 0.461. The van der Waals surface area contributed by atoms with Gasteiger partial charge < -0.3 is 15.2 Å². The van der Waals surface area contributed by atoms with Crippen molar-refractivity contribution >= 4 is 5.69 Å². The van der Waals surface area contributed by atoms with E-state index >= 15 is 0 Å². The van der Waals surface area contributed by atoms with Crippen molar-refractivity contribution in [2.75, 3.05) is 5.73 Å². The molecule has 0 amide bonds. The predicted molar refractivity (Wildman–Crippen MR) is 103 cm³/mol. The Morgan fingerprint density at radius 1 is 0.800 bits per heavy atom. The van der Waals surface area contributed by atoms with Gasteiger partial charge in [0.25, 0.3) is 0 Å². The number of hydrogen-bond acceptors (Lipinski definition) is 3. The van der Waals surface area contributed by atoms with Gasteiger partial charge in [-0.15, -0.1) is 0 Å². The molecular weight excluding hydrogens is 310 g/mol. The Hall–Kier alpha value is -2.94. The minimum atomic E-state index is 0.513. The van der Waals surface area contributed by atoms with Crippen LogP contribution in [0.15, 0.2) is 72.8 Å². The second-order valence-electron chi connectivity index (χ2n) is 6.10. The highest BCUT2D eigenvalue weighted by molar-refractivity contribution is 5.54. The Kier molecular flexibility index (Phi) is 5.24. The average molecular weight is 333 g/mol. The standard InChI is InChI=1S/C22H23NO2/c1-3-16(2)17-8-6-9-18(14-17)24-19-10-7-11-20(15-19)25-22-13-5-4-12-21(22)23/h4-16H,3,23H2,1-2H3. The summed E-state index contributed by atoms with van der Waals surface area (Å²) in [5, 5.41) is 0. The van der Waals surface area contributed by atoms with Crippen LogP contribution in [0, 0.1) is 0 Å². The minimum Gasteiger partial charge on any atom is -0.457 e. The van der Waals surface area contributed by atoms with Gasteiger partial charge >= 0.3 is 0 Å². The molecule has 0 saturated heterocycles. The van der Waals surface area contributed by atoms with Gasteiger partial charge in [-0.3, -0.25) is 0 Å². The highest BCUT2D eigenvalue weighted by atomic mass is 16.5. The van der Waals surface area contributed by atoms with Crippen molar-refractivity contribution in [1.82, 2.24) is 0 Å². The van der Waals surface area contributed by atoms with Crippen LogP contribution in [0.1, 0.15) is 31.7 Å². The van der Waals surface area contributed by atoms with E-state index in [0.29, 0.717) is 23.1 Å². The van der Waals surface area contributed by atoms with E-state index in [1.54, 1.807) is 0 Å². The Balaban J connectivity index is 1.77. The predicted octanol–water partition coefficient (Wildman–Crippen LogP) is 6.37. The zero-order valence-electron chi connectivity index (χ0n) is 14.6. The highest BCUT2D eigenvalue weighted by Gasteiger charge is 2.06. The summed E-state index contributed by atoms with van der Waals surface area (Å²) in [6, 6.07) is 23.2. The molecule has 0 fully saturated rings. The summed E-state index contributed by atoms with van der Waals surface area (Å²) < 4.78 is 11.9. The lowest BCUT2D eigenvalue weighted by atomic mass is 9.99. The van der Waals surface area contributed by atoms with Gasteiger partial charge in [-0.2, -0.15) is 0 Å². The van der Waals surface area contributed by atoms with Crippen molar-refractivity contribution in [3.63, 3.8) is 0 Å². The molecular formula is C22H23NO2. The SMILES string of the molecule is CCC(C)c1cccc(Oc2cccc(Oc3ccccc3N)c2)c1. The fourth-order valence-electron chi connectivity index (χ4n) is 2.56. The van der Waals surface area contributed by atoms with Crippen LogP contribution in [-0.4, -0.2) is 0 Å². The first kappa shape index (κ1) is 16.9. The maximum atomic E-state index is 6.01. The van der Waals surface area contributed by atoms with Crippen LogP contribution in [0.4, 0.5) is 5.69 Å². The molecule has 25 heavy (non-hydrogen) atoms. The quantitative estimate of drug-likeness (QED) is 0.533. The third kappa shape index (κ3) is 4.32. The van der Waals surface area contributed by atoms with Crippen molar-refractivity contribution in [2.24, 2.45) is 0 Å². The summed E-state index contributed by atoms with van der Waals surface area (Å²) in [5.41, 5.74) is 7.82. The van der Waals surface area contributed by atoms with Crippen molar-refractivity contribution in [3.8, 4) is 23.0 Å². The van der Waals surface area contributed by atoms with Crippen molar-refractivity contribution < 1.29 is 9.47 Å². The second kappa shape index (κ2) is 7.75. The van der Waals surface area contributed by atoms with Crippen molar-refractivity contribution in [1.29, 1.82) is 0 Å². The summed E-state index contributed by atoms with van der Waals surface area (Å²) in [4.78, 5) is 0. The molecule has 0 spiro atoms. The number of para-hydroxylation sites is 2. The number of hydrogen-bond donors (Lipinski definition) is 1. The van der Waals surface area contributed by atoms with Crippen LogP contribution < -0.4 is 15.2 Å². The van der Waals surface area contributed by atoms with E-state index in [1.165, 1.54) is 5.56 Å². The van der Waals surface area contributed by atoms with Crippen LogP contribution in [-0.2, 0) is 0 Å². The van der Waals surface area contributed by atoms with Gasteiger partial charge in [0.05, 0.1) is 5.69 Å². The largest absolute Gasteiger partial charge is 0.457 e. The molecule has 0 aliphatic carbocycles. The molecule has 0 bridgehead atoms. The third-order valence-corrected chi connectivity index (χ3v) is 4.23. The molecule has 0 radical (unpaired) electrons. The van der Waals surface area contributed by atoms with Gasteiger partial charge in [-0.05, 0) is 54.3 Å². The summed E-state index contributed by atoms with van der Waals surface area (Å²) in [7, 11) is 0. The Bertz CT molecular complexity index is 845. The second-order valence-corrected chi connectivity index (χ2v) is 6.10. The molecule has 3 rings (SSSR count). The van der Waals surface area contributed by atoms with Crippen molar-refractivity contribution in [3.05, 3.63) is 78.4 Å². The van der Waals surface area contributed by atoms with Gasteiger partial charge in [-0.25, -0.2) is 0 Å². The lowest BCUT2D eigenvalue weighted by Crippen LogP contribution is -1.93. The zero-order valence-corrected chi connectivity index (χ0v) is 14.6. The van der Waals surface area contributed by atoms with E-state index < -0.39 is 0 Å².